The summed E-state index contributed by atoms with van der Waals surface area (Å²) in [5, 5.41) is 2.70. The van der Waals surface area contributed by atoms with Crippen molar-refractivity contribution in [1.82, 2.24) is 5.32 Å². The van der Waals surface area contributed by atoms with Crippen LogP contribution in [0.2, 0.25) is 0 Å². The Hall–Kier alpha value is -1.59. The van der Waals surface area contributed by atoms with E-state index in [1.54, 1.807) is 6.92 Å². The first-order valence-electron chi connectivity index (χ1n) is 7.42. The van der Waals surface area contributed by atoms with Crippen LogP contribution < -0.4 is 5.32 Å². The minimum Gasteiger partial charge on any atom is -0.469 e. The van der Waals surface area contributed by atoms with E-state index in [2.05, 4.69) is 10.1 Å². The van der Waals surface area contributed by atoms with Crippen molar-refractivity contribution in [3.63, 3.8) is 0 Å². The molecular formula is C15H25NO5. The molecule has 1 aliphatic rings. The molecule has 21 heavy (non-hydrogen) atoms. The van der Waals surface area contributed by atoms with E-state index in [4.69, 9.17) is 4.74 Å². The fourth-order valence-corrected chi connectivity index (χ4v) is 2.73. The Kier molecular flexibility index (Phi) is 7.19. The molecule has 6 nitrogen and oxygen atoms in total. The highest BCUT2D eigenvalue weighted by molar-refractivity contribution is 5.85. The zero-order valence-corrected chi connectivity index (χ0v) is 13.0. The van der Waals surface area contributed by atoms with Crippen LogP contribution in [-0.4, -0.2) is 38.1 Å². The summed E-state index contributed by atoms with van der Waals surface area (Å²) in [4.78, 5) is 35.2. The van der Waals surface area contributed by atoms with Crippen LogP contribution in [0.3, 0.4) is 0 Å². The van der Waals surface area contributed by atoms with E-state index in [-0.39, 0.29) is 18.2 Å². The lowest BCUT2D eigenvalue weighted by Gasteiger charge is -2.22. The number of esters is 2. The first-order chi connectivity index (χ1) is 9.97. The first kappa shape index (κ1) is 17.5. The monoisotopic (exact) mass is 299 g/mol. The zero-order valence-electron chi connectivity index (χ0n) is 13.0. The maximum atomic E-state index is 12.1. The average molecular weight is 299 g/mol. The molecule has 1 rings (SSSR count). The topological polar surface area (TPSA) is 81.7 Å². The molecular weight excluding hydrogens is 274 g/mol. The zero-order chi connectivity index (χ0) is 15.8. The van der Waals surface area contributed by atoms with Gasteiger partial charge in [0.2, 0.25) is 5.91 Å². The van der Waals surface area contributed by atoms with Gasteiger partial charge in [-0.25, -0.2) is 4.79 Å². The quantitative estimate of drug-likeness (QED) is 0.719. The number of hydrogen-bond acceptors (Lipinski definition) is 5. The van der Waals surface area contributed by atoms with E-state index < -0.39 is 18.0 Å². The molecule has 2 atom stereocenters. The van der Waals surface area contributed by atoms with Crippen LogP contribution >= 0.6 is 0 Å². The van der Waals surface area contributed by atoms with E-state index in [1.165, 1.54) is 14.2 Å². The van der Waals surface area contributed by atoms with Crippen LogP contribution in [-0.2, 0) is 23.9 Å². The summed E-state index contributed by atoms with van der Waals surface area (Å²) in [7, 11) is 2.56. The van der Waals surface area contributed by atoms with Crippen LogP contribution in [0.5, 0.6) is 0 Å². The molecule has 0 spiro atoms. The Morgan fingerprint density at radius 2 is 1.76 bits per heavy atom. The number of hydrogen-bond donors (Lipinski definition) is 1. The fraction of sp³-hybridized carbons (Fsp3) is 0.800. The Morgan fingerprint density at radius 3 is 2.29 bits per heavy atom. The molecule has 6 heteroatoms. The third kappa shape index (κ3) is 5.73. The lowest BCUT2D eigenvalue weighted by Crippen LogP contribution is -2.46. The summed E-state index contributed by atoms with van der Waals surface area (Å²) < 4.78 is 9.31. The summed E-state index contributed by atoms with van der Waals surface area (Å²) in [6.07, 6.45) is 4.94. The second kappa shape index (κ2) is 8.64. The molecule has 0 bridgehead atoms. The highest BCUT2D eigenvalue weighted by atomic mass is 16.5. The lowest BCUT2D eigenvalue weighted by atomic mass is 9.97. The Bertz CT molecular complexity index is 376. The summed E-state index contributed by atoms with van der Waals surface area (Å²) in [6.45, 7) is 1.72. The highest BCUT2D eigenvalue weighted by Crippen LogP contribution is 2.27. The molecule has 120 valence electrons. The normalized spacial score (nSPS) is 17.9. The second-order valence-corrected chi connectivity index (χ2v) is 5.68. The van der Waals surface area contributed by atoms with Gasteiger partial charge in [-0.05, 0) is 24.7 Å². The number of rotatable bonds is 7. The van der Waals surface area contributed by atoms with E-state index >= 15 is 0 Å². The second-order valence-electron chi connectivity index (χ2n) is 5.68. The van der Waals surface area contributed by atoms with Gasteiger partial charge in [0.05, 0.1) is 20.6 Å². The van der Waals surface area contributed by atoms with Gasteiger partial charge in [0.25, 0.3) is 0 Å². The number of ether oxygens (including phenoxy) is 2. The predicted octanol–water partition coefficient (Wildman–Crippen LogP) is 1.42. The molecule has 0 heterocycles. The van der Waals surface area contributed by atoms with E-state index in [0.29, 0.717) is 12.3 Å². The number of carbonyl (C=O) groups is 3. The van der Waals surface area contributed by atoms with Crippen molar-refractivity contribution in [1.29, 1.82) is 0 Å². The van der Waals surface area contributed by atoms with Crippen LogP contribution in [0.15, 0.2) is 0 Å². The highest BCUT2D eigenvalue weighted by Gasteiger charge is 2.30. The van der Waals surface area contributed by atoms with Crippen molar-refractivity contribution in [3.8, 4) is 0 Å². The molecule has 0 saturated heterocycles. The third-order valence-corrected chi connectivity index (χ3v) is 4.01. The summed E-state index contributed by atoms with van der Waals surface area (Å²) in [5.41, 5.74) is 0. The Balaban J connectivity index is 2.57. The first-order valence-corrected chi connectivity index (χ1v) is 7.42. The van der Waals surface area contributed by atoms with Crippen LogP contribution in [0, 0.1) is 11.8 Å². The van der Waals surface area contributed by atoms with Gasteiger partial charge in [0, 0.05) is 6.42 Å². The SMILES string of the molecule is COC(=O)C[C@@H](C)[C@H](NC(=O)CC1CCCC1)C(=O)OC. The number of amides is 1. The molecule has 1 saturated carbocycles. The third-order valence-electron chi connectivity index (χ3n) is 4.01. The van der Waals surface area contributed by atoms with Crippen LogP contribution in [0.4, 0.5) is 0 Å². The lowest BCUT2D eigenvalue weighted by molar-refractivity contribution is -0.148. The van der Waals surface area contributed by atoms with Crippen molar-refractivity contribution < 1.29 is 23.9 Å². The van der Waals surface area contributed by atoms with Gasteiger partial charge >= 0.3 is 11.9 Å². The van der Waals surface area contributed by atoms with Crippen molar-refractivity contribution >= 4 is 17.8 Å². The number of methoxy groups -OCH3 is 2. The fourth-order valence-electron chi connectivity index (χ4n) is 2.73. The van der Waals surface area contributed by atoms with Crippen molar-refractivity contribution in [2.45, 2.75) is 51.5 Å². The van der Waals surface area contributed by atoms with Gasteiger partial charge in [-0.3, -0.25) is 9.59 Å². The summed E-state index contributed by atoms with van der Waals surface area (Å²) >= 11 is 0. The molecule has 0 radical (unpaired) electrons. The molecule has 1 fully saturated rings. The molecule has 1 N–H and O–H groups in total. The minimum absolute atomic E-state index is 0.0555. The largest absolute Gasteiger partial charge is 0.469 e. The van der Waals surface area contributed by atoms with Crippen LogP contribution in [0.25, 0.3) is 0 Å². The standard InChI is InChI=1S/C15H25NO5/c1-10(8-13(18)20-2)14(15(19)21-3)16-12(17)9-11-6-4-5-7-11/h10-11,14H,4-9H2,1-3H3,(H,16,17)/t10-,14+/m1/s1. The maximum absolute atomic E-state index is 12.1. The van der Waals surface area contributed by atoms with Gasteiger partial charge < -0.3 is 14.8 Å². The molecule has 0 aliphatic heterocycles. The van der Waals surface area contributed by atoms with Crippen LogP contribution in [0.1, 0.15) is 45.4 Å². The molecule has 0 aromatic heterocycles. The smallest absolute Gasteiger partial charge is 0.328 e. The molecule has 1 aliphatic carbocycles. The molecule has 0 aromatic rings. The minimum atomic E-state index is -0.817. The summed E-state index contributed by atoms with van der Waals surface area (Å²) in [6, 6.07) is -0.817. The predicted molar refractivity (Wildman–Crippen MR) is 76.3 cm³/mol. The number of carbonyl (C=O) groups excluding carboxylic acids is 3. The molecule has 0 unspecified atom stereocenters. The van der Waals surface area contributed by atoms with Gasteiger partial charge in [-0.15, -0.1) is 0 Å². The summed E-state index contributed by atoms with van der Waals surface area (Å²) in [5.74, 6) is -1.08. The Morgan fingerprint density at radius 1 is 1.14 bits per heavy atom. The van der Waals surface area contributed by atoms with Gasteiger partial charge in [0.1, 0.15) is 6.04 Å². The van der Waals surface area contributed by atoms with Gasteiger partial charge in [-0.1, -0.05) is 19.8 Å². The van der Waals surface area contributed by atoms with Gasteiger partial charge in [-0.2, -0.15) is 0 Å². The van der Waals surface area contributed by atoms with E-state index in [1.807, 2.05) is 0 Å². The molecule has 1 amide bonds. The maximum Gasteiger partial charge on any atom is 0.328 e. The molecule has 0 aromatic carbocycles. The van der Waals surface area contributed by atoms with E-state index in [9.17, 15) is 14.4 Å². The van der Waals surface area contributed by atoms with Crippen molar-refractivity contribution in [3.05, 3.63) is 0 Å². The number of nitrogens with one attached hydrogen (secondary N) is 1. The average Bonchev–Trinajstić information content (AvgIpc) is 2.96. The van der Waals surface area contributed by atoms with Crippen molar-refractivity contribution in [2.75, 3.05) is 14.2 Å². The Labute approximate surface area is 125 Å². The van der Waals surface area contributed by atoms with Crippen molar-refractivity contribution in [2.24, 2.45) is 11.8 Å². The van der Waals surface area contributed by atoms with Gasteiger partial charge in [0.15, 0.2) is 0 Å². The van der Waals surface area contributed by atoms with E-state index in [0.717, 1.165) is 25.7 Å².